The molecule has 2 aromatic carbocycles. The van der Waals surface area contributed by atoms with Crippen molar-refractivity contribution in [2.75, 3.05) is 18.2 Å². The van der Waals surface area contributed by atoms with Crippen LogP contribution in [0, 0.1) is 10.1 Å². The first-order valence-corrected chi connectivity index (χ1v) is 9.97. The van der Waals surface area contributed by atoms with E-state index in [2.05, 4.69) is 19.2 Å². The molecule has 148 valence electrons. The van der Waals surface area contributed by atoms with E-state index in [4.69, 9.17) is 4.74 Å². The summed E-state index contributed by atoms with van der Waals surface area (Å²) in [6, 6.07) is 11.6. The molecule has 2 rings (SSSR count). The number of nitrogens with one attached hydrogen (secondary N) is 1. The summed E-state index contributed by atoms with van der Waals surface area (Å²) in [6.07, 6.45) is 2.73. The van der Waals surface area contributed by atoms with Gasteiger partial charge in [0, 0.05) is 11.8 Å². The summed E-state index contributed by atoms with van der Waals surface area (Å²) in [7, 11) is 0. The Morgan fingerprint density at radius 3 is 2.46 bits per heavy atom. The number of carbonyl (C=O) groups excluding carboxylic acids is 2. The van der Waals surface area contributed by atoms with Crippen molar-refractivity contribution in [2.45, 2.75) is 31.1 Å². The van der Waals surface area contributed by atoms with Crippen LogP contribution in [-0.2, 0) is 9.53 Å². The van der Waals surface area contributed by atoms with Crippen molar-refractivity contribution >= 4 is 35.0 Å². The molecule has 28 heavy (non-hydrogen) atoms. The molecule has 7 nitrogen and oxygen atoms in total. The highest BCUT2D eigenvalue weighted by Gasteiger charge is 2.18. The van der Waals surface area contributed by atoms with E-state index in [1.54, 1.807) is 18.4 Å². The zero-order valence-electron chi connectivity index (χ0n) is 15.9. The highest BCUT2D eigenvalue weighted by molar-refractivity contribution is 7.98. The van der Waals surface area contributed by atoms with Crippen molar-refractivity contribution in [1.82, 2.24) is 0 Å². The number of thioether (sulfide) groups is 1. The predicted molar refractivity (Wildman–Crippen MR) is 109 cm³/mol. The molecule has 2 aromatic rings. The molecule has 0 aliphatic carbocycles. The number of benzene rings is 2. The van der Waals surface area contributed by atoms with E-state index in [9.17, 15) is 19.7 Å². The zero-order chi connectivity index (χ0) is 20.7. The SMILES string of the molecule is CC[C@@H](C)c1ccc(NC(=O)COC(=O)c2ccc(SC)c([N+](=O)[O-])c2)cc1. The van der Waals surface area contributed by atoms with Gasteiger partial charge in [-0.15, -0.1) is 11.8 Å². The lowest BCUT2D eigenvalue weighted by Crippen LogP contribution is -2.21. The van der Waals surface area contributed by atoms with E-state index in [1.807, 2.05) is 12.1 Å². The molecule has 0 saturated carbocycles. The minimum atomic E-state index is -0.793. The zero-order valence-corrected chi connectivity index (χ0v) is 16.7. The molecule has 0 saturated heterocycles. The van der Waals surface area contributed by atoms with Crippen LogP contribution in [0.15, 0.2) is 47.4 Å². The van der Waals surface area contributed by atoms with Gasteiger partial charge >= 0.3 is 5.97 Å². The number of hydrogen-bond donors (Lipinski definition) is 1. The van der Waals surface area contributed by atoms with Gasteiger partial charge in [-0.25, -0.2) is 4.79 Å². The lowest BCUT2D eigenvalue weighted by atomic mass is 9.99. The largest absolute Gasteiger partial charge is 0.452 e. The van der Waals surface area contributed by atoms with Crippen LogP contribution in [0.2, 0.25) is 0 Å². The number of nitrogens with zero attached hydrogens (tertiary/aromatic N) is 1. The highest BCUT2D eigenvalue weighted by atomic mass is 32.2. The fourth-order valence-corrected chi connectivity index (χ4v) is 3.05. The van der Waals surface area contributed by atoms with Crippen LogP contribution in [0.1, 0.15) is 42.1 Å². The van der Waals surface area contributed by atoms with Crippen molar-refractivity contribution < 1.29 is 19.2 Å². The summed E-state index contributed by atoms with van der Waals surface area (Å²) >= 11 is 1.21. The molecule has 1 N–H and O–H groups in total. The maximum absolute atomic E-state index is 12.1. The summed E-state index contributed by atoms with van der Waals surface area (Å²) in [4.78, 5) is 35.1. The van der Waals surface area contributed by atoms with Gasteiger partial charge < -0.3 is 10.1 Å². The molecule has 0 bridgehead atoms. The number of amides is 1. The number of esters is 1. The number of hydrogen-bond acceptors (Lipinski definition) is 6. The Morgan fingerprint density at radius 1 is 1.21 bits per heavy atom. The third kappa shape index (κ3) is 5.56. The van der Waals surface area contributed by atoms with Crippen LogP contribution in [0.4, 0.5) is 11.4 Å². The van der Waals surface area contributed by atoms with Gasteiger partial charge in [0.1, 0.15) is 0 Å². The Bertz CT molecular complexity index is 867. The first-order chi connectivity index (χ1) is 13.3. The fourth-order valence-electron chi connectivity index (χ4n) is 2.50. The highest BCUT2D eigenvalue weighted by Crippen LogP contribution is 2.28. The lowest BCUT2D eigenvalue weighted by molar-refractivity contribution is -0.387. The molecule has 0 spiro atoms. The van der Waals surface area contributed by atoms with Gasteiger partial charge in [-0.1, -0.05) is 26.0 Å². The molecule has 1 atom stereocenters. The number of rotatable bonds is 8. The molecular weight excluding hydrogens is 380 g/mol. The van der Waals surface area contributed by atoms with Crippen molar-refractivity contribution in [3.8, 4) is 0 Å². The van der Waals surface area contributed by atoms with Crippen molar-refractivity contribution in [3.63, 3.8) is 0 Å². The maximum atomic E-state index is 12.1. The number of carbonyl (C=O) groups is 2. The third-order valence-corrected chi connectivity index (χ3v) is 5.11. The van der Waals surface area contributed by atoms with Crippen LogP contribution in [0.25, 0.3) is 0 Å². The Morgan fingerprint density at radius 2 is 1.89 bits per heavy atom. The summed E-state index contributed by atoms with van der Waals surface area (Å²) < 4.78 is 4.97. The molecular formula is C20H22N2O5S. The van der Waals surface area contributed by atoms with E-state index >= 15 is 0 Å². The van der Waals surface area contributed by atoms with Gasteiger partial charge in [-0.3, -0.25) is 14.9 Å². The first-order valence-electron chi connectivity index (χ1n) is 8.75. The maximum Gasteiger partial charge on any atom is 0.338 e. The van der Waals surface area contributed by atoms with E-state index < -0.39 is 23.4 Å². The van der Waals surface area contributed by atoms with Crippen LogP contribution in [0.3, 0.4) is 0 Å². The number of nitro benzene ring substituents is 1. The Balaban J connectivity index is 1.94. The van der Waals surface area contributed by atoms with Gasteiger partial charge in [0.2, 0.25) is 0 Å². The Hall–Kier alpha value is -2.87. The first kappa shape index (κ1) is 21.4. The van der Waals surface area contributed by atoms with Gasteiger partial charge in [0.15, 0.2) is 6.61 Å². The fraction of sp³-hybridized carbons (Fsp3) is 0.300. The number of anilines is 1. The van der Waals surface area contributed by atoms with E-state index in [0.717, 1.165) is 12.5 Å². The predicted octanol–water partition coefficient (Wildman–Crippen LogP) is 4.63. The van der Waals surface area contributed by atoms with Crippen molar-refractivity contribution in [3.05, 3.63) is 63.7 Å². The second-order valence-corrected chi connectivity index (χ2v) is 7.05. The standard InChI is InChI=1S/C20H22N2O5S/c1-4-13(2)14-5-8-16(9-6-14)21-19(23)12-27-20(24)15-7-10-18(28-3)17(11-15)22(25)26/h5-11,13H,4,12H2,1-3H3,(H,21,23)/t13-/m1/s1. The smallest absolute Gasteiger partial charge is 0.338 e. The van der Waals surface area contributed by atoms with Gasteiger partial charge in [-0.05, 0) is 48.4 Å². The Kier molecular flexibility index (Phi) is 7.57. The summed E-state index contributed by atoms with van der Waals surface area (Å²) in [6.45, 7) is 3.76. The van der Waals surface area contributed by atoms with Crippen molar-refractivity contribution in [2.24, 2.45) is 0 Å². The third-order valence-electron chi connectivity index (χ3n) is 4.32. The molecule has 8 heteroatoms. The summed E-state index contributed by atoms with van der Waals surface area (Å²) in [5.74, 6) is -0.842. The van der Waals surface area contributed by atoms with Crippen LogP contribution in [0.5, 0.6) is 0 Å². The molecule has 0 unspecified atom stereocenters. The molecule has 0 aromatic heterocycles. The quantitative estimate of drug-likeness (QED) is 0.299. The normalized spacial score (nSPS) is 11.5. The average molecular weight is 402 g/mol. The second kappa shape index (κ2) is 9.89. The van der Waals surface area contributed by atoms with Gasteiger partial charge in [0.25, 0.3) is 11.6 Å². The van der Waals surface area contributed by atoms with E-state index in [-0.39, 0.29) is 11.3 Å². The van der Waals surface area contributed by atoms with Gasteiger partial charge in [0.05, 0.1) is 15.4 Å². The summed E-state index contributed by atoms with van der Waals surface area (Å²) in [5.41, 5.74) is 1.64. The molecule has 0 radical (unpaired) electrons. The van der Waals surface area contributed by atoms with E-state index in [1.165, 1.54) is 29.5 Å². The monoisotopic (exact) mass is 402 g/mol. The molecule has 1 amide bonds. The van der Waals surface area contributed by atoms with Crippen LogP contribution in [-0.4, -0.2) is 29.7 Å². The molecule has 0 heterocycles. The topological polar surface area (TPSA) is 98.5 Å². The Labute approximate surface area is 167 Å². The van der Waals surface area contributed by atoms with Gasteiger partial charge in [-0.2, -0.15) is 0 Å². The van der Waals surface area contributed by atoms with Crippen molar-refractivity contribution in [1.29, 1.82) is 0 Å². The number of nitro groups is 1. The average Bonchev–Trinajstić information content (AvgIpc) is 2.71. The van der Waals surface area contributed by atoms with Crippen LogP contribution < -0.4 is 5.32 Å². The second-order valence-electron chi connectivity index (χ2n) is 6.20. The number of ether oxygens (including phenoxy) is 1. The minimum Gasteiger partial charge on any atom is -0.452 e. The molecule has 0 fully saturated rings. The molecule has 0 aliphatic rings. The lowest BCUT2D eigenvalue weighted by Gasteiger charge is -2.11. The minimum absolute atomic E-state index is 0.0233. The molecule has 0 aliphatic heterocycles. The van der Waals surface area contributed by atoms with E-state index in [0.29, 0.717) is 16.5 Å². The van der Waals surface area contributed by atoms with Crippen LogP contribution >= 0.6 is 11.8 Å². The summed E-state index contributed by atoms with van der Waals surface area (Å²) in [5, 5.41) is 13.7.